The number of H-pyrrole nitrogens is 1. The molecule has 0 unspecified atom stereocenters. The zero-order valence-corrected chi connectivity index (χ0v) is 15.1. The smallest absolute Gasteiger partial charge is 0.387 e. The normalized spacial score (nSPS) is 11.1. The SMILES string of the molecule is COc1ccc(CCNCc2cn[nH]c2-c2ccc(C)o2)cc1OC(F)F. The number of benzene rings is 1. The van der Waals surface area contributed by atoms with Crippen molar-refractivity contribution in [2.45, 2.75) is 26.5 Å². The van der Waals surface area contributed by atoms with E-state index in [4.69, 9.17) is 9.15 Å². The van der Waals surface area contributed by atoms with Crippen LogP contribution in [0.4, 0.5) is 8.78 Å². The number of halogens is 2. The third-order valence-corrected chi connectivity index (χ3v) is 4.05. The fraction of sp³-hybridized carbons (Fsp3) is 0.316. The third-order valence-electron chi connectivity index (χ3n) is 4.05. The van der Waals surface area contributed by atoms with Gasteiger partial charge in [0.2, 0.25) is 0 Å². The van der Waals surface area contributed by atoms with Crippen molar-refractivity contribution < 1.29 is 22.7 Å². The molecule has 2 heterocycles. The van der Waals surface area contributed by atoms with Gasteiger partial charge >= 0.3 is 6.61 Å². The van der Waals surface area contributed by atoms with E-state index in [1.807, 2.05) is 25.1 Å². The number of methoxy groups -OCH3 is 1. The van der Waals surface area contributed by atoms with E-state index in [9.17, 15) is 8.78 Å². The number of hydrogen-bond donors (Lipinski definition) is 2. The molecule has 0 saturated carbocycles. The van der Waals surface area contributed by atoms with Crippen molar-refractivity contribution in [1.82, 2.24) is 15.5 Å². The van der Waals surface area contributed by atoms with Crippen LogP contribution in [-0.4, -0.2) is 30.5 Å². The summed E-state index contributed by atoms with van der Waals surface area (Å²) in [6, 6.07) is 8.82. The first-order valence-electron chi connectivity index (χ1n) is 8.48. The maximum absolute atomic E-state index is 12.5. The second-order valence-electron chi connectivity index (χ2n) is 5.97. The Morgan fingerprint density at radius 1 is 1.22 bits per heavy atom. The molecule has 8 heteroatoms. The molecule has 0 saturated heterocycles. The van der Waals surface area contributed by atoms with Crippen molar-refractivity contribution >= 4 is 0 Å². The summed E-state index contributed by atoms with van der Waals surface area (Å²) in [6.45, 7) is 0.250. The number of nitrogens with one attached hydrogen (secondary N) is 2. The van der Waals surface area contributed by atoms with Crippen molar-refractivity contribution in [2.24, 2.45) is 0 Å². The summed E-state index contributed by atoms with van der Waals surface area (Å²) in [5.41, 5.74) is 2.70. The highest BCUT2D eigenvalue weighted by Gasteiger charge is 2.12. The van der Waals surface area contributed by atoms with Crippen LogP contribution in [0.15, 0.2) is 40.9 Å². The lowest BCUT2D eigenvalue weighted by molar-refractivity contribution is -0.0512. The van der Waals surface area contributed by atoms with Crippen molar-refractivity contribution in [3.63, 3.8) is 0 Å². The van der Waals surface area contributed by atoms with Gasteiger partial charge in [-0.2, -0.15) is 13.9 Å². The molecule has 6 nitrogen and oxygen atoms in total. The molecule has 0 aliphatic carbocycles. The van der Waals surface area contributed by atoms with Crippen LogP contribution in [0.2, 0.25) is 0 Å². The monoisotopic (exact) mass is 377 g/mol. The molecule has 0 radical (unpaired) electrons. The summed E-state index contributed by atoms with van der Waals surface area (Å²) in [5, 5.41) is 10.3. The Bertz CT molecular complexity index is 877. The van der Waals surface area contributed by atoms with Crippen LogP contribution < -0.4 is 14.8 Å². The minimum absolute atomic E-state index is 0.0373. The molecule has 144 valence electrons. The van der Waals surface area contributed by atoms with Gasteiger partial charge in [-0.15, -0.1) is 0 Å². The molecule has 2 N–H and O–H groups in total. The largest absolute Gasteiger partial charge is 0.493 e. The van der Waals surface area contributed by atoms with Crippen LogP contribution in [0.1, 0.15) is 16.9 Å². The topological polar surface area (TPSA) is 72.3 Å². The van der Waals surface area contributed by atoms with E-state index in [1.54, 1.807) is 18.3 Å². The molecule has 0 aliphatic rings. The zero-order valence-electron chi connectivity index (χ0n) is 15.1. The van der Waals surface area contributed by atoms with Gasteiger partial charge in [-0.05, 0) is 49.7 Å². The average molecular weight is 377 g/mol. The summed E-state index contributed by atoms with van der Waals surface area (Å²) in [4.78, 5) is 0. The number of aryl methyl sites for hydroxylation is 1. The number of alkyl halides is 2. The molecule has 0 spiro atoms. The summed E-state index contributed by atoms with van der Waals surface area (Å²) in [7, 11) is 1.41. The molecule has 0 aliphatic heterocycles. The fourth-order valence-corrected chi connectivity index (χ4v) is 2.75. The molecule has 0 atom stereocenters. The van der Waals surface area contributed by atoms with Crippen molar-refractivity contribution in [3.05, 3.63) is 53.4 Å². The van der Waals surface area contributed by atoms with Crippen molar-refractivity contribution in [2.75, 3.05) is 13.7 Å². The highest BCUT2D eigenvalue weighted by molar-refractivity contribution is 5.56. The molecule has 3 aromatic rings. The number of aromatic nitrogens is 2. The van der Waals surface area contributed by atoms with Crippen molar-refractivity contribution in [3.8, 4) is 23.0 Å². The summed E-state index contributed by atoms with van der Waals surface area (Å²) in [5.74, 6) is 1.89. The minimum Gasteiger partial charge on any atom is -0.493 e. The van der Waals surface area contributed by atoms with Gasteiger partial charge in [0, 0.05) is 12.1 Å². The molecule has 0 bridgehead atoms. The molecule has 1 aromatic carbocycles. The summed E-state index contributed by atoms with van der Waals surface area (Å²) < 4.78 is 40.2. The maximum Gasteiger partial charge on any atom is 0.387 e. The first kappa shape index (κ1) is 18.9. The average Bonchev–Trinajstić information content (AvgIpc) is 3.27. The molecule has 2 aromatic heterocycles. The first-order chi connectivity index (χ1) is 13.1. The summed E-state index contributed by atoms with van der Waals surface area (Å²) in [6.07, 6.45) is 2.40. The van der Waals surface area contributed by atoms with Crippen LogP contribution in [-0.2, 0) is 13.0 Å². The van der Waals surface area contributed by atoms with E-state index in [2.05, 4.69) is 20.3 Å². The Morgan fingerprint density at radius 2 is 2.07 bits per heavy atom. The lowest BCUT2D eigenvalue weighted by Gasteiger charge is -2.12. The van der Waals surface area contributed by atoms with Gasteiger partial charge in [-0.3, -0.25) is 5.10 Å². The van der Waals surface area contributed by atoms with Gasteiger partial charge in [0.05, 0.1) is 13.3 Å². The van der Waals surface area contributed by atoms with Gasteiger partial charge in [-0.1, -0.05) is 6.07 Å². The van der Waals surface area contributed by atoms with Gasteiger partial charge in [-0.25, -0.2) is 0 Å². The maximum atomic E-state index is 12.5. The van der Waals surface area contributed by atoms with Crippen molar-refractivity contribution in [1.29, 1.82) is 0 Å². The zero-order chi connectivity index (χ0) is 19.2. The Kier molecular flexibility index (Phi) is 6.08. The first-order valence-corrected chi connectivity index (χ1v) is 8.48. The molecular formula is C19H21F2N3O3. The molecule has 0 amide bonds. The Labute approximate surface area is 155 Å². The van der Waals surface area contributed by atoms with E-state index in [1.165, 1.54) is 7.11 Å². The van der Waals surface area contributed by atoms with E-state index in [0.29, 0.717) is 19.5 Å². The quantitative estimate of drug-likeness (QED) is 0.553. The van der Waals surface area contributed by atoms with E-state index in [-0.39, 0.29) is 11.5 Å². The number of nitrogens with zero attached hydrogens (tertiary/aromatic N) is 1. The standard InChI is InChI=1S/C19H21F2N3O3/c1-12-3-5-16(26-12)18-14(11-23-24-18)10-22-8-7-13-4-6-15(25-2)17(9-13)27-19(20)21/h3-6,9,11,19,22H,7-8,10H2,1-2H3,(H,23,24). The lowest BCUT2D eigenvalue weighted by atomic mass is 10.1. The fourth-order valence-electron chi connectivity index (χ4n) is 2.75. The summed E-state index contributed by atoms with van der Waals surface area (Å²) >= 11 is 0. The minimum atomic E-state index is -2.89. The Morgan fingerprint density at radius 3 is 2.78 bits per heavy atom. The number of furan rings is 1. The van der Waals surface area contributed by atoms with Crippen LogP contribution >= 0.6 is 0 Å². The Hall–Kier alpha value is -2.87. The van der Waals surface area contributed by atoms with Gasteiger partial charge in [0.25, 0.3) is 0 Å². The molecule has 3 rings (SSSR count). The molecule has 27 heavy (non-hydrogen) atoms. The number of hydrogen-bond acceptors (Lipinski definition) is 5. The second kappa shape index (κ2) is 8.68. The highest BCUT2D eigenvalue weighted by Crippen LogP contribution is 2.29. The molecule has 0 fully saturated rings. The number of rotatable bonds is 9. The van der Waals surface area contributed by atoms with E-state index in [0.717, 1.165) is 28.3 Å². The number of aromatic amines is 1. The van der Waals surface area contributed by atoms with E-state index < -0.39 is 6.61 Å². The third kappa shape index (κ3) is 4.85. The van der Waals surface area contributed by atoms with Crippen LogP contribution in [0.25, 0.3) is 11.5 Å². The predicted octanol–water partition coefficient (Wildman–Crippen LogP) is 3.92. The highest BCUT2D eigenvalue weighted by atomic mass is 19.3. The Balaban J connectivity index is 1.56. The lowest BCUT2D eigenvalue weighted by Crippen LogP contribution is -2.17. The second-order valence-corrected chi connectivity index (χ2v) is 5.97. The predicted molar refractivity (Wildman–Crippen MR) is 96.1 cm³/mol. The van der Waals surface area contributed by atoms with E-state index >= 15 is 0 Å². The van der Waals surface area contributed by atoms with Gasteiger partial charge in [0.1, 0.15) is 11.5 Å². The van der Waals surface area contributed by atoms with Gasteiger partial charge in [0.15, 0.2) is 17.3 Å². The van der Waals surface area contributed by atoms with Crippen LogP contribution in [0, 0.1) is 6.92 Å². The molecular weight excluding hydrogens is 356 g/mol. The number of ether oxygens (including phenoxy) is 2. The van der Waals surface area contributed by atoms with Crippen LogP contribution in [0.5, 0.6) is 11.5 Å². The van der Waals surface area contributed by atoms with Gasteiger partial charge < -0.3 is 19.2 Å². The van der Waals surface area contributed by atoms with Crippen LogP contribution in [0.3, 0.4) is 0 Å².